The van der Waals surface area contributed by atoms with Gasteiger partial charge in [-0.25, -0.2) is 19.3 Å². The van der Waals surface area contributed by atoms with Crippen LogP contribution in [0, 0.1) is 22.7 Å². The number of aliphatic hydroxyl groups excluding tert-OH is 2. The first kappa shape index (κ1) is 29.6. The van der Waals surface area contributed by atoms with Crippen LogP contribution < -0.4 is 16.7 Å². The molecule has 6 N–H and O–H groups in total. The number of aromatic nitrogens is 5. The molecule has 13 nitrogen and oxygen atoms in total. The van der Waals surface area contributed by atoms with E-state index >= 15 is 0 Å². The standard InChI is InChI=1S/C32H39N7O6/c1-30-9-8-23(41)31(2,15-40)21(30)7-10-32(16-44-32)22(30)14-19(35-24-6-4-5-11-34-24)18-12-17(45-28(18)42)13-20-25-26(33)36-29(43)37-27(25)39(3)38-20/h4-6,11-13,19,21-23,40-41H,7-10,14-16H2,1-3H3,(H,34,35)(H3,33,36,37,43)/b17-13+/t19?,21?,22?,23-,30+,31+,32?/m1/s1. The van der Waals surface area contributed by atoms with Crippen LogP contribution in [0.2, 0.25) is 0 Å². The summed E-state index contributed by atoms with van der Waals surface area (Å²) in [6, 6.07) is 5.09. The number of allylic oxidation sites excluding steroid dienone is 1. The third-order valence-electron chi connectivity index (χ3n) is 11.1. The third-order valence-corrected chi connectivity index (χ3v) is 11.1. The number of H-pyrrole nitrogens is 1. The van der Waals surface area contributed by atoms with Gasteiger partial charge in [0.2, 0.25) is 0 Å². The van der Waals surface area contributed by atoms with Crippen LogP contribution in [-0.2, 0) is 21.3 Å². The zero-order chi connectivity index (χ0) is 31.7. The SMILES string of the molecule is Cn1nc(/C=C2\C=C(C(CC3C4(CCC5[C@]3(C)CC[C@@H](O)[C@@]5(C)CO)CO4)Nc3ccccn3)C(=O)O2)c2c(N)[nH]c(=O)nc21. The zero-order valence-electron chi connectivity index (χ0n) is 25.6. The molecule has 13 heteroatoms. The van der Waals surface area contributed by atoms with Crippen molar-refractivity contribution < 1.29 is 24.5 Å². The molecular formula is C32H39N7O6. The maximum absolute atomic E-state index is 13.6. The number of aromatic amines is 1. The number of rotatable bonds is 7. The van der Waals surface area contributed by atoms with Crippen molar-refractivity contribution >= 4 is 34.7 Å². The van der Waals surface area contributed by atoms with E-state index in [0.29, 0.717) is 47.6 Å². The van der Waals surface area contributed by atoms with Gasteiger partial charge in [-0.05, 0) is 67.6 Å². The normalized spacial score (nSPS) is 34.1. The van der Waals surface area contributed by atoms with Gasteiger partial charge in [-0.3, -0.25) is 4.98 Å². The summed E-state index contributed by atoms with van der Waals surface area (Å²) >= 11 is 0. The van der Waals surface area contributed by atoms with E-state index in [1.165, 1.54) is 4.68 Å². The maximum atomic E-state index is 13.6. The number of nitrogens with one attached hydrogen (secondary N) is 2. The molecule has 0 bridgehead atoms. The molecule has 7 rings (SSSR count). The number of nitrogens with zero attached hydrogens (tertiary/aromatic N) is 4. The number of hydrogen-bond acceptors (Lipinski definition) is 11. The number of fused-ring (bicyclic) bond motifs is 2. The molecule has 7 atom stereocenters. The monoisotopic (exact) mass is 617 g/mol. The number of hydrogen-bond donors (Lipinski definition) is 5. The van der Waals surface area contributed by atoms with E-state index in [1.807, 2.05) is 25.1 Å². The molecule has 5 heterocycles. The summed E-state index contributed by atoms with van der Waals surface area (Å²) in [5.41, 5.74) is 5.50. The number of cyclic esters (lactones) is 1. The van der Waals surface area contributed by atoms with Gasteiger partial charge < -0.3 is 30.7 Å². The van der Waals surface area contributed by atoms with Gasteiger partial charge in [0.15, 0.2) is 5.65 Å². The first-order chi connectivity index (χ1) is 21.5. The summed E-state index contributed by atoms with van der Waals surface area (Å²) in [5.74, 6) is 0.652. The van der Waals surface area contributed by atoms with Gasteiger partial charge >= 0.3 is 11.7 Å². The van der Waals surface area contributed by atoms with E-state index in [1.54, 1.807) is 25.4 Å². The average molecular weight is 618 g/mol. The minimum absolute atomic E-state index is 0.0347. The Labute approximate surface area is 259 Å². The van der Waals surface area contributed by atoms with Crippen molar-refractivity contribution in [2.75, 3.05) is 24.3 Å². The molecule has 4 unspecified atom stereocenters. The Balaban J connectivity index is 1.27. The predicted octanol–water partition coefficient (Wildman–Crippen LogP) is 2.28. The fourth-order valence-electron chi connectivity index (χ4n) is 8.62. The van der Waals surface area contributed by atoms with Gasteiger partial charge in [0.25, 0.3) is 0 Å². The predicted molar refractivity (Wildman–Crippen MR) is 165 cm³/mol. The first-order valence-electron chi connectivity index (χ1n) is 15.5. The first-order valence-corrected chi connectivity index (χ1v) is 15.5. The summed E-state index contributed by atoms with van der Waals surface area (Å²) < 4.78 is 13.4. The molecule has 3 fully saturated rings. The summed E-state index contributed by atoms with van der Waals surface area (Å²) in [6.07, 6.45) is 8.06. The number of anilines is 2. The average Bonchev–Trinajstić information content (AvgIpc) is 3.58. The highest BCUT2D eigenvalue weighted by Gasteiger charge is 2.67. The van der Waals surface area contributed by atoms with Crippen molar-refractivity contribution in [3.8, 4) is 0 Å². The van der Waals surface area contributed by atoms with Crippen LogP contribution in [0.1, 0.15) is 51.6 Å². The van der Waals surface area contributed by atoms with Crippen LogP contribution in [0.4, 0.5) is 11.6 Å². The summed E-state index contributed by atoms with van der Waals surface area (Å²) in [7, 11) is 1.66. The van der Waals surface area contributed by atoms with Gasteiger partial charge in [-0.15, -0.1) is 0 Å². The fourth-order valence-corrected chi connectivity index (χ4v) is 8.62. The number of nitrogens with two attached hydrogens (primary N) is 1. The quantitative estimate of drug-likeness (QED) is 0.193. The smallest absolute Gasteiger partial charge is 0.348 e. The molecule has 1 saturated heterocycles. The number of aliphatic hydroxyl groups is 2. The van der Waals surface area contributed by atoms with Crippen molar-refractivity contribution in [2.45, 2.75) is 63.7 Å². The maximum Gasteiger partial charge on any atom is 0.348 e. The molecule has 0 aromatic carbocycles. The van der Waals surface area contributed by atoms with Crippen molar-refractivity contribution in [3.63, 3.8) is 0 Å². The Morgan fingerprint density at radius 2 is 2.07 bits per heavy atom. The molecule has 2 saturated carbocycles. The molecule has 45 heavy (non-hydrogen) atoms. The lowest BCUT2D eigenvalue weighted by Gasteiger charge is -2.61. The lowest BCUT2D eigenvalue weighted by Crippen LogP contribution is -2.61. The Morgan fingerprint density at radius 3 is 2.78 bits per heavy atom. The Hall–Kier alpha value is -4.07. The molecule has 238 valence electrons. The second-order valence-corrected chi connectivity index (χ2v) is 13.6. The van der Waals surface area contributed by atoms with Crippen LogP contribution in [0.15, 0.2) is 46.6 Å². The van der Waals surface area contributed by atoms with Crippen LogP contribution in [0.3, 0.4) is 0 Å². The van der Waals surface area contributed by atoms with E-state index in [0.717, 1.165) is 19.3 Å². The number of aryl methyl sites for hydroxylation is 1. The minimum atomic E-state index is -0.625. The zero-order valence-corrected chi connectivity index (χ0v) is 25.6. The Bertz CT molecular complexity index is 1780. The molecule has 1 spiro atoms. The van der Waals surface area contributed by atoms with Crippen LogP contribution >= 0.6 is 0 Å². The number of carbonyl (C=O) groups is 1. The molecule has 2 aliphatic carbocycles. The van der Waals surface area contributed by atoms with Crippen LogP contribution in [0.5, 0.6) is 0 Å². The highest BCUT2D eigenvalue weighted by molar-refractivity contribution is 5.97. The minimum Gasteiger partial charge on any atom is -0.423 e. The van der Waals surface area contributed by atoms with Crippen molar-refractivity contribution in [1.29, 1.82) is 0 Å². The summed E-state index contributed by atoms with van der Waals surface area (Å²) in [5, 5.41) is 29.9. The highest BCUT2D eigenvalue weighted by Crippen LogP contribution is 2.66. The molecule has 3 aromatic heterocycles. The number of carbonyl (C=O) groups excluding carboxylic acids is 1. The van der Waals surface area contributed by atoms with E-state index in [9.17, 15) is 19.8 Å². The number of nitrogen functional groups attached to an aromatic ring is 1. The second kappa shape index (κ2) is 10.5. The number of pyridine rings is 1. The van der Waals surface area contributed by atoms with Crippen LogP contribution in [0.25, 0.3) is 17.1 Å². The van der Waals surface area contributed by atoms with Gasteiger partial charge in [-0.1, -0.05) is 19.9 Å². The van der Waals surface area contributed by atoms with Crippen LogP contribution in [-0.4, -0.2) is 71.9 Å². The van der Waals surface area contributed by atoms with Crippen molar-refractivity contribution in [3.05, 3.63) is 58.0 Å². The molecule has 4 aliphatic rings. The van der Waals surface area contributed by atoms with E-state index in [-0.39, 0.29) is 41.0 Å². The molecule has 3 aromatic rings. The van der Waals surface area contributed by atoms with E-state index in [4.69, 9.17) is 15.2 Å². The highest BCUT2D eigenvalue weighted by atomic mass is 16.6. The van der Waals surface area contributed by atoms with Gasteiger partial charge in [0.1, 0.15) is 23.1 Å². The lowest BCUT2D eigenvalue weighted by molar-refractivity contribution is -0.177. The second-order valence-electron chi connectivity index (χ2n) is 13.6. The Kier molecular flexibility index (Phi) is 6.91. The number of esters is 1. The lowest BCUT2D eigenvalue weighted by atomic mass is 9.44. The number of ether oxygens (including phenoxy) is 2. The van der Waals surface area contributed by atoms with Crippen molar-refractivity contribution in [2.24, 2.45) is 29.7 Å². The molecule has 0 radical (unpaired) electrons. The summed E-state index contributed by atoms with van der Waals surface area (Å²) in [6.45, 7) is 4.82. The molecule has 2 aliphatic heterocycles. The number of epoxide rings is 1. The largest absolute Gasteiger partial charge is 0.423 e. The Morgan fingerprint density at radius 1 is 1.27 bits per heavy atom. The topological polar surface area (TPSA) is 194 Å². The molecular weight excluding hydrogens is 578 g/mol. The van der Waals surface area contributed by atoms with Gasteiger partial charge in [-0.2, -0.15) is 10.1 Å². The van der Waals surface area contributed by atoms with E-state index in [2.05, 4.69) is 32.3 Å². The van der Waals surface area contributed by atoms with E-state index < -0.39 is 29.2 Å². The third kappa shape index (κ3) is 4.75. The van der Waals surface area contributed by atoms with Gasteiger partial charge in [0, 0.05) is 24.7 Å². The summed E-state index contributed by atoms with van der Waals surface area (Å²) in [4.78, 5) is 36.4. The molecule has 0 amide bonds. The van der Waals surface area contributed by atoms with Crippen molar-refractivity contribution in [1.82, 2.24) is 24.7 Å². The van der Waals surface area contributed by atoms with Gasteiger partial charge in [0.05, 0.1) is 41.9 Å². The fraction of sp³-hybridized carbons (Fsp3) is 0.531.